The fraction of sp³-hybridized carbons (Fsp3) is 0.409. The maximum absolute atomic E-state index is 12.3. The molecule has 0 aromatic heterocycles. The summed E-state index contributed by atoms with van der Waals surface area (Å²) < 4.78 is 43.6. The second-order valence-electron chi connectivity index (χ2n) is 7.23. The van der Waals surface area contributed by atoms with E-state index in [0.717, 1.165) is 29.0 Å². The van der Waals surface area contributed by atoms with E-state index in [9.17, 15) is 13.2 Å². The lowest BCUT2D eigenvalue weighted by atomic mass is 10.1. The van der Waals surface area contributed by atoms with E-state index in [4.69, 9.17) is 14.2 Å². The van der Waals surface area contributed by atoms with E-state index in [2.05, 4.69) is 10.0 Å². The molecule has 1 unspecified atom stereocenters. The molecule has 2 aromatic rings. The van der Waals surface area contributed by atoms with Gasteiger partial charge < -0.3 is 19.5 Å². The molecule has 1 atom stereocenters. The number of nitrogens with one attached hydrogen (secondary N) is 2. The highest BCUT2D eigenvalue weighted by Crippen LogP contribution is 2.35. The van der Waals surface area contributed by atoms with Gasteiger partial charge in [0.25, 0.3) is 0 Å². The minimum Gasteiger partial charge on any atom is -0.497 e. The monoisotopic (exact) mass is 448 g/mol. The van der Waals surface area contributed by atoms with Crippen molar-refractivity contribution < 1.29 is 27.4 Å². The highest BCUT2D eigenvalue weighted by molar-refractivity contribution is 7.89. The number of ether oxygens (including phenoxy) is 3. The Morgan fingerprint density at radius 3 is 2.65 bits per heavy atom. The normalized spacial score (nSPS) is 15.1. The van der Waals surface area contributed by atoms with Gasteiger partial charge in [0.2, 0.25) is 15.9 Å². The molecular weight excluding hydrogens is 420 g/mol. The highest BCUT2D eigenvalue weighted by Gasteiger charge is 2.22. The van der Waals surface area contributed by atoms with Gasteiger partial charge >= 0.3 is 0 Å². The molecule has 1 heterocycles. The molecule has 0 bridgehead atoms. The van der Waals surface area contributed by atoms with Crippen LogP contribution in [0, 0.1) is 0 Å². The quantitative estimate of drug-likeness (QED) is 0.579. The van der Waals surface area contributed by atoms with E-state index in [-0.39, 0.29) is 36.4 Å². The molecule has 0 saturated heterocycles. The summed E-state index contributed by atoms with van der Waals surface area (Å²) in [6, 6.07) is 9.90. The van der Waals surface area contributed by atoms with Crippen molar-refractivity contribution >= 4 is 15.9 Å². The molecule has 8 nitrogen and oxygen atoms in total. The number of carbonyl (C=O) groups excluding carboxylic acids is 1. The summed E-state index contributed by atoms with van der Waals surface area (Å²) in [7, 11) is -2.19. The van der Waals surface area contributed by atoms with Crippen LogP contribution in [-0.2, 0) is 27.8 Å². The molecule has 0 radical (unpaired) electrons. The Labute approximate surface area is 182 Å². The van der Waals surface area contributed by atoms with Gasteiger partial charge in [0, 0.05) is 37.1 Å². The number of hydrogen-bond acceptors (Lipinski definition) is 6. The van der Waals surface area contributed by atoms with Crippen LogP contribution in [0.25, 0.3) is 0 Å². The van der Waals surface area contributed by atoms with Gasteiger partial charge in [0.05, 0.1) is 18.6 Å². The maximum Gasteiger partial charge on any atom is 0.240 e. The first-order valence-corrected chi connectivity index (χ1v) is 11.7. The molecule has 31 heavy (non-hydrogen) atoms. The summed E-state index contributed by atoms with van der Waals surface area (Å²) in [5, 5.41) is 2.82. The van der Waals surface area contributed by atoms with Crippen LogP contribution in [0.3, 0.4) is 0 Å². The first-order chi connectivity index (χ1) is 14.8. The van der Waals surface area contributed by atoms with Gasteiger partial charge in [-0.25, -0.2) is 13.1 Å². The zero-order valence-electron chi connectivity index (χ0n) is 17.9. The lowest BCUT2D eigenvalue weighted by Gasteiger charge is -2.13. The summed E-state index contributed by atoms with van der Waals surface area (Å²) in [4.78, 5) is 12.4. The minimum absolute atomic E-state index is 0.0106. The Hall–Kier alpha value is -2.78. The van der Waals surface area contributed by atoms with Crippen molar-refractivity contribution in [2.45, 2.75) is 44.2 Å². The van der Waals surface area contributed by atoms with Crippen molar-refractivity contribution in [1.82, 2.24) is 10.0 Å². The molecule has 9 heteroatoms. The first kappa shape index (κ1) is 22.9. The molecule has 2 aromatic carbocycles. The number of rotatable bonds is 10. The molecule has 0 spiro atoms. The first-order valence-electron chi connectivity index (χ1n) is 10.2. The molecule has 1 amide bonds. The third kappa shape index (κ3) is 5.89. The van der Waals surface area contributed by atoms with Gasteiger partial charge in [-0.15, -0.1) is 0 Å². The molecule has 168 valence electrons. The average Bonchev–Trinajstić information content (AvgIpc) is 3.11. The van der Waals surface area contributed by atoms with E-state index in [1.54, 1.807) is 12.1 Å². The molecular formula is C22H28N2O6S. The number of methoxy groups -OCH3 is 1. The van der Waals surface area contributed by atoms with E-state index < -0.39 is 10.0 Å². The van der Waals surface area contributed by atoms with Gasteiger partial charge in [-0.2, -0.15) is 0 Å². The van der Waals surface area contributed by atoms with E-state index >= 15 is 0 Å². The van der Waals surface area contributed by atoms with Crippen LogP contribution in [0.1, 0.15) is 31.4 Å². The Kier molecular flexibility index (Phi) is 7.40. The molecule has 0 aliphatic carbocycles. The molecule has 0 saturated carbocycles. The molecule has 0 fully saturated rings. The summed E-state index contributed by atoms with van der Waals surface area (Å²) in [5.41, 5.74) is 1.92. The topological polar surface area (TPSA) is 103 Å². The van der Waals surface area contributed by atoms with E-state index in [1.807, 2.05) is 26.0 Å². The number of fused-ring (bicyclic) bond motifs is 1. The lowest BCUT2D eigenvalue weighted by molar-refractivity contribution is -0.121. The van der Waals surface area contributed by atoms with Crippen LogP contribution < -0.4 is 24.2 Å². The number of amides is 1. The minimum atomic E-state index is -3.70. The fourth-order valence-corrected chi connectivity index (χ4v) is 4.36. The number of benzene rings is 2. The van der Waals surface area contributed by atoms with E-state index in [1.165, 1.54) is 19.2 Å². The van der Waals surface area contributed by atoms with Crippen LogP contribution in [0.2, 0.25) is 0 Å². The van der Waals surface area contributed by atoms with Crippen LogP contribution >= 0.6 is 0 Å². The van der Waals surface area contributed by atoms with Gasteiger partial charge in [-0.1, -0.05) is 0 Å². The molecule has 2 N–H and O–H groups in total. The summed E-state index contributed by atoms with van der Waals surface area (Å²) in [6.07, 6.45) is 0.960. The summed E-state index contributed by atoms with van der Waals surface area (Å²) in [5.74, 6) is 1.83. The zero-order chi connectivity index (χ0) is 22.4. The third-order valence-corrected chi connectivity index (χ3v) is 6.35. The number of sulfonamides is 1. The Bertz CT molecular complexity index is 1020. The van der Waals surface area contributed by atoms with E-state index in [0.29, 0.717) is 12.4 Å². The van der Waals surface area contributed by atoms with Crippen LogP contribution in [0.5, 0.6) is 17.2 Å². The average molecular weight is 449 g/mol. The predicted octanol–water partition coefficient (Wildman–Crippen LogP) is 2.40. The second kappa shape index (κ2) is 10.0. The van der Waals surface area contributed by atoms with Gasteiger partial charge in [0.1, 0.15) is 23.4 Å². The molecule has 3 rings (SSSR count). The van der Waals surface area contributed by atoms with Crippen molar-refractivity contribution in [3.63, 3.8) is 0 Å². The third-order valence-electron chi connectivity index (χ3n) is 4.87. The molecule has 1 aliphatic heterocycles. The van der Waals surface area contributed by atoms with Crippen LogP contribution in [0.4, 0.5) is 0 Å². The van der Waals surface area contributed by atoms with Crippen molar-refractivity contribution in [3.05, 3.63) is 47.5 Å². The van der Waals surface area contributed by atoms with Gasteiger partial charge in [-0.3, -0.25) is 4.79 Å². The summed E-state index contributed by atoms with van der Waals surface area (Å²) in [6.45, 7) is 4.69. The van der Waals surface area contributed by atoms with Gasteiger partial charge in [0.15, 0.2) is 0 Å². The van der Waals surface area contributed by atoms with Crippen LogP contribution in [-0.4, -0.2) is 40.7 Å². The van der Waals surface area contributed by atoms with Crippen molar-refractivity contribution in [3.8, 4) is 17.2 Å². The largest absolute Gasteiger partial charge is 0.497 e. The zero-order valence-corrected chi connectivity index (χ0v) is 18.8. The van der Waals surface area contributed by atoms with Gasteiger partial charge in [-0.05, 0) is 50.2 Å². The van der Waals surface area contributed by atoms with Crippen molar-refractivity contribution in [1.29, 1.82) is 0 Å². The Balaban J connectivity index is 1.53. The Morgan fingerprint density at radius 1 is 1.23 bits per heavy atom. The van der Waals surface area contributed by atoms with Crippen molar-refractivity contribution in [2.75, 3.05) is 20.3 Å². The Morgan fingerprint density at radius 2 is 1.97 bits per heavy atom. The second-order valence-corrected chi connectivity index (χ2v) is 9.00. The summed E-state index contributed by atoms with van der Waals surface area (Å²) >= 11 is 0. The highest BCUT2D eigenvalue weighted by atomic mass is 32.2. The maximum atomic E-state index is 12.3. The standard InChI is InChI=1S/C22H28N2O6S/c1-4-29-20-12-16-11-15(2)30-21(16)13-17(20)14-23-22(25)9-10-24-31(26,27)19-7-5-18(28-3)6-8-19/h5-8,12-13,15,24H,4,9-11,14H2,1-3H3,(H,23,25). The fourth-order valence-electron chi connectivity index (χ4n) is 3.33. The smallest absolute Gasteiger partial charge is 0.240 e. The predicted molar refractivity (Wildman–Crippen MR) is 116 cm³/mol. The van der Waals surface area contributed by atoms with Crippen LogP contribution in [0.15, 0.2) is 41.3 Å². The number of hydrogen-bond donors (Lipinski definition) is 2. The SMILES string of the molecule is CCOc1cc2c(cc1CNC(=O)CCNS(=O)(=O)c1ccc(OC)cc1)OC(C)C2. The number of carbonyl (C=O) groups is 1. The lowest BCUT2D eigenvalue weighted by Crippen LogP contribution is -2.30. The van der Waals surface area contributed by atoms with Crippen molar-refractivity contribution in [2.24, 2.45) is 0 Å². The molecule has 1 aliphatic rings.